The summed E-state index contributed by atoms with van der Waals surface area (Å²) in [7, 11) is 1.74. The number of amides is 1. The first kappa shape index (κ1) is 9.90. The van der Waals surface area contributed by atoms with Crippen LogP contribution in [0.15, 0.2) is 30.3 Å². The number of benzene rings is 1. The molecular weight excluding hydrogens is 190 g/mol. The van der Waals surface area contributed by atoms with Crippen LogP contribution in [0.2, 0.25) is 0 Å². The number of rotatable bonds is 1. The largest absolute Gasteiger partial charge is 0.344 e. The normalized spacial score (nSPS) is 21.9. The molecule has 3 heteroatoms. The van der Waals surface area contributed by atoms with Crippen LogP contribution in [0.3, 0.4) is 0 Å². The number of carbonyl (C=O) groups is 2. The highest BCUT2D eigenvalue weighted by molar-refractivity contribution is 6.08. The van der Waals surface area contributed by atoms with E-state index in [2.05, 4.69) is 0 Å². The molecule has 1 aromatic carbocycles. The summed E-state index contributed by atoms with van der Waals surface area (Å²) in [6.45, 7) is 0.543. The van der Waals surface area contributed by atoms with E-state index < -0.39 is 5.92 Å². The smallest absolute Gasteiger partial charge is 0.237 e. The van der Waals surface area contributed by atoms with E-state index in [0.717, 1.165) is 5.56 Å². The molecule has 1 aromatic rings. The Morgan fingerprint density at radius 3 is 2.53 bits per heavy atom. The maximum Gasteiger partial charge on any atom is 0.237 e. The number of nitrogens with zero attached hydrogens (tertiary/aromatic N) is 1. The predicted molar refractivity (Wildman–Crippen MR) is 56.4 cm³/mol. The molecule has 78 valence electrons. The summed E-state index contributed by atoms with van der Waals surface area (Å²) < 4.78 is 0. The van der Waals surface area contributed by atoms with Crippen molar-refractivity contribution in [2.24, 2.45) is 0 Å². The molecule has 1 saturated heterocycles. The number of Topliss-reactive ketones (excluding diaryl/α,β-unsaturated/α-hetero) is 1. The summed E-state index contributed by atoms with van der Waals surface area (Å²) in [6.07, 6.45) is 0.460. The lowest BCUT2D eigenvalue weighted by atomic mass is 9.89. The van der Waals surface area contributed by atoms with Gasteiger partial charge in [0.15, 0.2) is 5.78 Å². The van der Waals surface area contributed by atoms with Gasteiger partial charge in [-0.1, -0.05) is 30.3 Å². The molecule has 15 heavy (non-hydrogen) atoms. The van der Waals surface area contributed by atoms with Gasteiger partial charge >= 0.3 is 0 Å². The van der Waals surface area contributed by atoms with Crippen LogP contribution in [0.1, 0.15) is 17.9 Å². The highest BCUT2D eigenvalue weighted by Gasteiger charge is 2.34. The average Bonchev–Trinajstić information content (AvgIpc) is 2.26. The van der Waals surface area contributed by atoms with Crippen LogP contribution in [0, 0.1) is 0 Å². The van der Waals surface area contributed by atoms with Gasteiger partial charge in [-0.3, -0.25) is 9.59 Å². The van der Waals surface area contributed by atoms with Crippen molar-refractivity contribution >= 4 is 11.7 Å². The van der Waals surface area contributed by atoms with E-state index >= 15 is 0 Å². The van der Waals surface area contributed by atoms with E-state index in [0.29, 0.717) is 13.0 Å². The van der Waals surface area contributed by atoms with Gasteiger partial charge in [0.05, 0.1) is 0 Å². The van der Waals surface area contributed by atoms with Crippen LogP contribution in [-0.4, -0.2) is 30.2 Å². The van der Waals surface area contributed by atoms with Gasteiger partial charge in [0.1, 0.15) is 5.92 Å². The maximum atomic E-state index is 11.8. The van der Waals surface area contributed by atoms with Gasteiger partial charge in [0, 0.05) is 20.0 Å². The Balaban J connectivity index is 2.34. The monoisotopic (exact) mass is 203 g/mol. The van der Waals surface area contributed by atoms with Crippen molar-refractivity contribution in [2.45, 2.75) is 12.3 Å². The molecule has 1 unspecified atom stereocenters. The Morgan fingerprint density at radius 1 is 1.20 bits per heavy atom. The number of piperidine rings is 1. The molecular formula is C12H13NO2. The van der Waals surface area contributed by atoms with Gasteiger partial charge in [-0.25, -0.2) is 0 Å². The number of likely N-dealkylation sites (tertiary alicyclic amines) is 1. The summed E-state index contributed by atoms with van der Waals surface area (Å²) in [5.41, 5.74) is 0.805. The Morgan fingerprint density at radius 2 is 1.87 bits per heavy atom. The summed E-state index contributed by atoms with van der Waals surface area (Å²) >= 11 is 0. The topological polar surface area (TPSA) is 37.4 Å². The number of hydrogen-bond donors (Lipinski definition) is 0. The Bertz CT molecular complexity index is 386. The van der Waals surface area contributed by atoms with Crippen molar-refractivity contribution in [3.8, 4) is 0 Å². The number of carbonyl (C=O) groups excluding carboxylic acids is 2. The zero-order valence-corrected chi connectivity index (χ0v) is 8.64. The van der Waals surface area contributed by atoms with Gasteiger partial charge in [0.25, 0.3) is 0 Å². The molecule has 1 atom stereocenters. The summed E-state index contributed by atoms with van der Waals surface area (Å²) in [6, 6.07) is 9.25. The van der Waals surface area contributed by atoms with Gasteiger partial charge in [0.2, 0.25) is 5.91 Å². The van der Waals surface area contributed by atoms with Crippen molar-refractivity contribution in [2.75, 3.05) is 13.6 Å². The van der Waals surface area contributed by atoms with Crippen LogP contribution < -0.4 is 0 Å². The summed E-state index contributed by atoms with van der Waals surface area (Å²) in [5, 5.41) is 0. The van der Waals surface area contributed by atoms with E-state index in [1.54, 1.807) is 11.9 Å². The molecule has 1 fully saturated rings. The maximum absolute atomic E-state index is 11.8. The molecule has 0 saturated carbocycles. The molecule has 0 bridgehead atoms. The third-order valence-electron chi connectivity index (χ3n) is 2.77. The third-order valence-corrected chi connectivity index (χ3v) is 2.77. The van der Waals surface area contributed by atoms with Gasteiger partial charge in [-0.15, -0.1) is 0 Å². The molecule has 0 N–H and O–H groups in total. The van der Waals surface area contributed by atoms with Crippen LogP contribution in [0.4, 0.5) is 0 Å². The SMILES string of the molecule is CN1CCC(=O)C(c2ccccc2)C1=O. The number of likely N-dealkylation sites (N-methyl/N-ethyl adjacent to an activating group) is 1. The van der Waals surface area contributed by atoms with Crippen molar-refractivity contribution in [3.05, 3.63) is 35.9 Å². The van der Waals surface area contributed by atoms with Crippen LogP contribution in [-0.2, 0) is 9.59 Å². The Labute approximate surface area is 88.7 Å². The highest BCUT2D eigenvalue weighted by atomic mass is 16.2. The predicted octanol–water partition coefficient (Wildman–Crippen LogP) is 1.20. The van der Waals surface area contributed by atoms with Crippen molar-refractivity contribution < 1.29 is 9.59 Å². The van der Waals surface area contributed by atoms with Gasteiger partial charge < -0.3 is 4.90 Å². The molecule has 1 heterocycles. The third kappa shape index (κ3) is 1.77. The fourth-order valence-corrected chi connectivity index (χ4v) is 1.86. The van der Waals surface area contributed by atoms with E-state index in [9.17, 15) is 9.59 Å². The van der Waals surface area contributed by atoms with Crippen molar-refractivity contribution in [1.29, 1.82) is 0 Å². The van der Waals surface area contributed by atoms with E-state index in [1.807, 2.05) is 30.3 Å². The van der Waals surface area contributed by atoms with Crippen LogP contribution >= 0.6 is 0 Å². The van der Waals surface area contributed by atoms with Gasteiger partial charge in [-0.05, 0) is 5.56 Å². The first-order valence-corrected chi connectivity index (χ1v) is 5.03. The molecule has 1 amide bonds. The first-order chi connectivity index (χ1) is 7.20. The Hall–Kier alpha value is -1.64. The highest BCUT2D eigenvalue weighted by Crippen LogP contribution is 2.24. The first-order valence-electron chi connectivity index (χ1n) is 5.03. The molecule has 0 aromatic heterocycles. The lowest BCUT2D eigenvalue weighted by molar-refractivity contribution is -0.140. The number of ketones is 1. The van der Waals surface area contributed by atoms with Crippen molar-refractivity contribution in [1.82, 2.24) is 4.90 Å². The van der Waals surface area contributed by atoms with E-state index in [-0.39, 0.29) is 11.7 Å². The van der Waals surface area contributed by atoms with E-state index in [4.69, 9.17) is 0 Å². The molecule has 3 nitrogen and oxygen atoms in total. The second-order valence-electron chi connectivity index (χ2n) is 3.82. The lowest BCUT2D eigenvalue weighted by Crippen LogP contribution is -2.42. The Kier molecular flexibility index (Phi) is 2.54. The van der Waals surface area contributed by atoms with Crippen molar-refractivity contribution in [3.63, 3.8) is 0 Å². The summed E-state index contributed by atoms with van der Waals surface area (Å²) in [5.74, 6) is -0.633. The molecule has 0 aliphatic carbocycles. The quantitative estimate of drug-likeness (QED) is 0.643. The zero-order chi connectivity index (χ0) is 10.8. The van der Waals surface area contributed by atoms with Gasteiger partial charge in [-0.2, -0.15) is 0 Å². The molecule has 1 aliphatic rings. The second kappa shape index (κ2) is 3.85. The van der Waals surface area contributed by atoms with Crippen LogP contribution in [0.25, 0.3) is 0 Å². The standard InChI is InChI=1S/C12H13NO2/c1-13-8-7-10(14)11(12(13)15)9-5-3-2-4-6-9/h2-6,11H,7-8H2,1H3. The fourth-order valence-electron chi connectivity index (χ4n) is 1.86. The van der Waals surface area contributed by atoms with E-state index in [1.165, 1.54) is 0 Å². The average molecular weight is 203 g/mol. The zero-order valence-electron chi connectivity index (χ0n) is 8.64. The minimum absolute atomic E-state index is 0.0318. The molecule has 2 rings (SSSR count). The lowest BCUT2D eigenvalue weighted by Gasteiger charge is -2.28. The number of hydrogen-bond acceptors (Lipinski definition) is 2. The molecule has 1 aliphatic heterocycles. The minimum atomic E-state index is -0.579. The van der Waals surface area contributed by atoms with Crippen LogP contribution in [0.5, 0.6) is 0 Å². The molecule has 0 spiro atoms. The summed E-state index contributed by atoms with van der Waals surface area (Å²) in [4.78, 5) is 25.2. The molecule has 0 radical (unpaired) electrons. The fraction of sp³-hybridized carbons (Fsp3) is 0.333. The minimum Gasteiger partial charge on any atom is -0.344 e. The second-order valence-corrected chi connectivity index (χ2v) is 3.82.